The number of carbonyl (C=O) groups is 1. The normalized spacial score (nSPS) is 16.9. The number of benzene rings is 1. The lowest BCUT2D eigenvalue weighted by Gasteiger charge is -2.21. The Morgan fingerprint density at radius 3 is 2.17 bits per heavy atom. The van der Waals surface area contributed by atoms with Gasteiger partial charge in [0.25, 0.3) is 0 Å². The van der Waals surface area contributed by atoms with Crippen molar-refractivity contribution in [1.82, 2.24) is 14.5 Å². The van der Waals surface area contributed by atoms with Crippen LogP contribution in [0, 0.1) is 0 Å². The molecule has 29 heavy (non-hydrogen) atoms. The van der Waals surface area contributed by atoms with Crippen LogP contribution in [0.15, 0.2) is 30.3 Å². The summed E-state index contributed by atoms with van der Waals surface area (Å²) in [5.41, 5.74) is 3.22. The van der Waals surface area contributed by atoms with Crippen LogP contribution in [0.4, 0.5) is 11.8 Å². The maximum absolute atomic E-state index is 11.2. The van der Waals surface area contributed by atoms with Crippen molar-refractivity contribution in [2.24, 2.45) is 7.05 Å². The van der Waals surface area contributed by atoms with E-state index in [1.54, 1.807) is 12.1 Å². The average Bonchev–Trinajstić information content (AvgIpc) is 3.49. The van der Waals surface area contributed by atoms with Crippen LogP contribution in [-0.4, -0.2) is 51.8 Å². The minimum atomic E-state index is -0.911. The van der Waals surface area contributed by atoms with Crippen LogP contribution in [0.2, 0.25) is 0 Å². The van der Waals surface area contributed by atoms with Crippen molar-refractivity contribution in [3.63, 3.8) is 0 Å². The summed E-state index contributed by atoms with van der Waals surface area (Å²) < 4.78 is 2.10. The molecule has 0 spiro atoms. The van der Waals surface area contributed by atoms with Gasteiger partial charge in [0.2, 0.25) is 5.95 Å². The highest BCUT2D eigenvalue weighted by atomic mass is 16.4. The lowest BCUT2D eigenvalue weighted by molar-refractivity contribution is 0.0697. The van der Waals surface area contributed by atoms with E-state index < -0.39 is 5.97 Å². The molecular formula is C22H25N5O2. The number of aromatic carboxylic acids is 1. The van der Waals surface area contributed by atoms with Gasteiger partial charge in [0, 0.05) is 33.2 Å². The number of nitrogens with zero attached hydrogens (tertiary/aromatic N) is 5. The summed E-state index contributed by atoms with van der Waals surface area (Å²) in [4.78, 5) is 25.8. The van der Waals surface area contributed by atoms with E-state index in [4.69, 9.17) is 9.97 Å². The van der Waals surface area contributed by atoms with Crippen LogP contribution in [0.1, 0.15) is 36.0 Å². The molecule has 0 amide bonds. The number of hydrogen-bond donors (Lipinski definition) is 1. The molecule has 4 heterocycles. The van der Waals surface area contributed by atoms with Crippen molar-refractivity contribution in [3.05, 3.63) is 35.9 Å². The number of fused-ring (bicyclic) bond motifs is 1. The summed E-state index contributed by atoms with van der Waals surface area (Å²) in [6.45, 7) is 4.09. The van der Waals surface area contributed by atoms with Crippen molar-refractivity contribution in [2.45, 2.75) is 25.7 Å². The van der Waals surface area contributed by atoms with E-state index in [1.807, 2.05) is 19.2 Å². The van der Waals surface area contributed by atoms with Gasteiger partial charge in [-0.3, -0.25) is 0 Å². The van der Waals surface area contributed by atoms with Gasteiger partial charge in [-0.15, -0.1) is 0 Å². The van der Waals surface area contributed by atoms with Gasteiger partial charge in [0.1, 0.15) is 11.5 Å². The second kappa shape index (κ2) is 7.06. The Morgan fingerprint density at radius 2 is 1.55 bits per heavy atom. The van der Waals surface area contributed by atoms with Gasteiger partial charge < -0.3 is 19.5 Å². The van der Waals surface area contributed by atoms with Crippen LogP contribution in [0.5, 0.6) is 0 Å². The molecule has 0 atom stereocenters. The molecule has 2 aliphatic rings. The number of carboxylic acid groups (broad SMARTS) is 1. The van der Waals surface area contributed by atoms with Gasteiger partial charge in [0.05, 0.1) is 16.6 Å². The zero-order valence-corrected chi connectivity index (χ0v) is 16.6. The highest BCUT2D eigenvalue weighted by Crippen LogP contribution is 2.35. The number of aryl methyl sites for hydroxylation is 1. The molecule has 1 aromatic carbocycles. The first-order chi connectivity index (χ1) is 14.1. The molecule has 2 aliphatic heterocycles. The number of rotatable bonds is 4. The lowest BCUT2D eigenvalue weighted by atomic mass is 10.1. The Labute approximate surface area is 169 Å². The molecule has 0 bridgehead atoms. The summed E-state index contributed by atoms with van der Waals surface area (Å²) in [5, 5.41) is 10.2. The molecule has 2 aromatic heterocycles. The first-order valence-electron chi connectivity index (χ1n) is 10.3. The second-order valence-electron chi connectivity index (χ2n) is 7.94. The van der Waals surface area contributed by atoms with Crippen molar-refractivity contribution in [1.29, 1.82) is 0 Å². The quantitative estimate of drug-likeness (QED) is 0.733. The Morgan fingerprint density at radius 1 is 0.931 bits per heavy atom. The summed E-state index contributed by atoms with van der Waals surface area (Å²) in [6, 6.07) is 9.17. The Kier molecular flexibility index (Phi) is 4.38. The van der Waals surface area contributed by atoms with E-state index in [-0.39, 0.29) is 0 Å². The maximum atomic E-state index is 11.2. The van der Waals surface area contributed by atoms with Gasteiger partial charge in [-0.05, 0) is 49.4 Å². The third kappa shape index (κ3) is 3.10. The van der Waals surface area contributed by atoms with E-state index >= 15 is 0 Å². The van der Waals surface area contributed by atoms with E-state index in [1.165, 1.54) is 25.7 Å². The van der Waals surface area contributed by atoms with E-state index in [9.17, 15) is 9.90 Å². The SMILES string of the molecule is Cn1c(-c2ccc(C(=O)O)cc2)cc2c(N3CCCC3)nc(N3CCCC3)nc21. The molecule has 0 radical (unpaired) electrons. The number of carboxylic acids is 1. The fourth-order valence-electron chi connectivity index (χ4n) is 4.46. The number of anilines is 2. The van der Waals surface area contributed by atoms with Crippen molar-refractivity contribution in [2.75, 3.05) is 36.0 Å². The molecule has 7 heteroatoms. The molecular weight excluding hydrogens is 366 g/mol. The van der Waals surface area contributed by atoms with Crippen molar-refractivity contribution in [3.8, 4) is 11.3 Å². The molecule has 3 aromatic rings. The van der Waals surface area contributed by atoms with Gasteiger partial charge in [-0.2, -0.15) is 9.97 Å². The molecule has 5 rings (SSSR count). The molecule has 150 valence electrons. The Hall–Kier alpha value is -3.09. The van der Waals surface area contributed by atoms with Crippen LogP contribution in [-0.2, 0) is 7.05 Å². The van der Waals surface area contributed by atoms with E-state index in [0.717, 1.165) is 60.2 Å². The van der Waals surface area contributed by atoms with Crippen LogP contribution in [0.25, 0.3) is 22.3 Å². The predicted molar refractivity (Wildman–Crippen MR) is 114 cm³/mol. The zero-order chi connectivity index (χ0) is 20.0. The van der Waals surface area contributed by atoms with Gasteiger partial charge in [-0.1, -0.05) is 12.1 Å². The summed E-state index contributed by atoms with van der Waals surface area (Å²) in [6.07, 6.45) is 4.77. The fourth-order valence-corrected chi connectivity index (χ4v) is 4.46. The standard InChI is InChI=1S/C22H25N5O2/c1-25-18(15-6-8-16(9-7-15)21(28)29)14-17-19(25)23-22(27-12-4-5-13-27)24-20(17)26-10-2-3-11-26/h6-9,14H,2-5,10-13H2,1H3,(H,28,29). The molecule has 7 nitrogen and oxygen atoms in total. The van der Waals surface area contributed by atoms with E-state index in [0.29, 0.717) is 5.56 Å². The Balaban J connectivity index is 1.65. The molecule has 2 fully saturated rings. The highest BCUT2D eigenvalue weighted by molar-refractivity contribution is 5.94. The minimum Gasteiger partial charge on any atom is -0.478 e. The lowest BCUT2D eigenvalue weighted by Crippen LogP contribution is -2.24. The van der Waals surface area contributed by atoms with Crippen molar-refractivity contribution >= 4 is 28.8 Å². The van der Waals surface area contributed by atoms with Crippen LogP contribution in [0.3, 0.4) is 0 Å². The smallest absolute Gasteiger partial charge is 0.335 e. The average molecular weight is 391 g/mol. The summed E-state index contributed by atoms with van der Waals surface area (Å²) in [5.74, 6) is 0.940. The maximum Gasteiger partial charge on any atom is 0.335 e. The topological polar surface area (TPSA) is 74.5 Å². The fraction of sp³-hybridized carbons (Fsp3) is 0.409. The number of hydrogen-bond acceptors (Lipinski definition) is 5. The van der Waals surface area contributed by atoms with E-state index in [2.05, 4.69) is 20.4 Å². The molecule has 2 saturated heterocycles. The zero-order valence-electron chi connectivity index (χ0n) is 16.6. The largest absolute Gasteiger partial charge is 0.478 e. The van der Waals surface area contributed by atoms with Crippen molar-refractivity contribution < 1.29 is 9.90 Å². The second-order valence-corrected chi connectivity index (χ2v) is 7.94. The third-order valence-corrected chi connectivity index (χ3v) is 6.08. The monoisotopic (exact) mass is 391 g/mol. The predicted octanol–water partition coefficient (Wildman–Crippen LogP) is 3.53. The Bertz CT molecular complexity index is 1060. The van der Waals surface area contributed by atoms with Gasteiger partial charge in [-0.25, -0.2) is 4.79 Å². The highest BCUT2D eigenvalue weighted by Gasteiger charge is 2.24. The molecule has 0 unspecified atom stereocenters. The minimum absolute atomic E-state index is 0.293. The number of aromatic nitrogens is 3. The molecule has 1 N–H and O–H groups in total. The molecule has 0 aliphatic carbocycles. The third-order valence-electron chi connectivity index (χ3n) is 6.08. The summed E-state index contributed by atoms with van der Waals surface area (Å²) in [7, 11) is 2.03. The van der Waals surface area contributed by atoms with Gasteiger partial charge in [0.15, 0.2) is 0 Å². The van der Waals surface area contributed by atoms with Crippen LogP contribution >= 0.6 is 0 Å². The summed E-state index contributed by atoms with van der Waals surface area (Å²) >= 11 is 0. The first-order valence-corrected chi connectivity index (χ1v) is 10.3. The first kappa shape index (κ1) is 18.0. The van der Waals surface area contributed by atoms with Gasteiger partial charge >= 0.3 is 5.97 Å². The molecule has 0 saturated carbocycles. The van der Waals surface area contributed by atoms with Crippen LogP contribution < -0.4 is 9.80 Å².